The molecular weight excluding hydrogens is 162 g/mol. The van der Waals surface area contributed by atoms with Crippen LogP contribution in [0, 0.1) is 0 Å². The lowest BCUT2D eigenvalue weighted by atomic mass is 10.9. The summed E-state index contributed by atoms with van der Waals surface area (Å²) in [4.78, 5) is 14.3. The molecule has 0 saturated heterocycles. The van der Waals surface area contributed by atoms with Gasteiger partial charge >= 0.3 is 5.71 Å². The van der Waals surface area contributed by atoms with E-state index in [9.17, 15) is 4.79 Å². The maximum atomic E-state index is 9.85. The third kappa shape index (κ3) is 8.25. The molecule has 0 spiro atoms. The van der Waals surface area contributed by atoms with E-state index in [-0.39, 0.29) is 16.8 Å². The quantitative estimate of drug-likeness (QED) is 0.296. The average Bonchev–Trinajstić information content (AvgIpc) is 1.80. The van der Waals surface area contributed by atoms with Gasteiger partial charge in [-0.3, -0.25) is 0 Å². The molecule has 0 fully saturated rings. The van der Waals surface area contributed by atoms with Gasteiger partial charge in [0.25, 0.3) is 0 Å². The van der Waals surface area contributed by atoms with Crippen LogP contribution in [0.25, 0.3) is 0 Å². The zero-order valence-electron chi connectivity index (χ0n) is 4.88. The van der Waals surface area contributed by atoms with Crippen LogP contribution in [0.5, 0.6) is 0 Å². The van der Waals surface area contributed by atoms with Crippen LogP contribution in [-0.4, -0.2) is 17.4 Å². The summed E-state index contributed by atoms with van der Waals surface area (Å²) < 4.78 is 4.45. The minimum Gasteiger partial charge on any atom is -0.478 e. The number of carboxylic acid groups (broad SMARTS) is 1. The number of rotatable bonds is 5. The third-order valence-corrected chi connectivity index (χ3v) is 2.09. The molecule has 0 bridgehead atoms. The normalized spacial score (nSPS) is 12.1. The van der Waals surface area contributed by atoms with E-state index in [1.807, 2.05) is 0 Å². The highest BCUT2D eigenvalue weighted by Crippen LogP contribution is 2.37. The lowest BCUT2D eigenvalue weighted by Crippen LogP contribution is -1.81. The first-order chi connectivity index (χ1) is 4.27. The first-order valence-corrected chi connectivity index (χ1v) is 5.20. The highest BCUT2D eigenvalue weighted by Gasteiger charge is 1.94. The molecule has 0 aromatic heterocycles. The Morgan fingerprint density at radius 3 is 2.89 bits per heavy atom. The molecule has 0 amide bonds. The fourth-order valence-corrected chi connectivity index (χ4v) is 1.02. The van der Waals surface area contributed by atoms with Gasteiger partial charge in [-0.05, 0) is 6.92 Å². The second kappa shape index (κ2) is 6.37. The van der Waals surface area contributed by atoms with Gasteiger partial charge in [-0.1, -0.05) is 0 Å². The van der Waals surface area contributed by atoms with E-state index in [1.54, 1.807) is 6.92 Å². The first kappa shape index (κ1) is 9.25. The van der Waals surface area contributed by atoms with E-state index in [4.69, 9.17) is 5.11 Å². The highest BCUT2D eigenvalue weighted by molar-refractivity contribution is 8.17. The SMILES string of the molecule is CCOOPPC(=O)O. The molecular formula is C3H8O4P2. The van der Waals surface area contributed by atoms with Crippen molar-refractivity contribution in [3.8, 4) is 0 Å². The van der Waals surface area contributed by atoms with Crippen LogP contribution in [0.3, 0.4) is 0 Å². The summed E-state index contributed by atoms with van der Waals surface area (Å²) in [6.07, 6.45) is 0. The van der Waals surface area contributed by atoms with Gasteiger partial charge in [0.05, 0.1) is 15.1 Å². The molecule has 2 unspecified atom stereocenters. The van der Waals surface area contributed by atoms with Crippen LogP contribution in [0.15, 0.2) is 0 Å². The molecule has 0 saturated carbocycles. The Balaban J connectivity index is 2.83. The number of carbonyl (C=O) groups is 1. The van der Waals surface area contributed by atoms with Crippen LogP contribution in [0.4, 0.5) is 4.79 Å². The second-order valence-electron chi connectivity index (χ2n) is 1.02. The standard InChI is InChI=1S/C3H8O4P2/c1-2-6-7-9-8-3(4)5/h8-9H,2H2,1H3,(H,4,5). The molecule has 6 heteroatoms. The Labute approximate surface area is 56.4 Å². The first-order valence-electron chi connectivity index (χ1n) is 2.29. The van der Waals surface area contributed by atoms with Gasteiger partial charge in [-0.2, -0.15) is 0 Å². The summed E-state index contributed by atoms with van der Waals surface area (Å²) in [6.45, 7) is 2.23. The average molecular weight is 170 g/mol. The van der Waals surface area contributed by atoms with Crippen molar-refractivity contribution in [2.45, 2.75) is 6.92 Å². The molecule has 0 aromatic carbocycles. The fourth-order valence-electron chi connectivity index (χ4n) is 0.153. The minimum atomic E-state index is -0.840. The van der Waals surface area contributed by atoms with Crippen molar-refractivity contribution >= 4 is 22.5 Å². The van der Waals surface area contributed by atoms with Gasteiger partial charge in [0.2, 0.25) is 0 Å². The van der Waals surface area contributed by atoms with E-state index in [0.29, 0.717) is 6.61 Å². The number of hydrogen-bond acceptors (Lipinski definition) is 3. The van der Waals surface area contributed by atoms with Crippen molar-refractivity contribution in [2.24, 2.45) is 0 Å². The predicted octanol–water partition coefficient (Wildman–Crippen LogP) is 1.82. The summed E-state index contributed by atoms with van der Waals surface area (Å²) in [7, 11) is -0.279. The molecule has 0 radical (unpaired) electrons. The molecule has 2 atom stereocenters. The Kier molecular flexibility index (Phi) is 6.55. The van der Waals surface area contributed by atoms with Crippen molar-refractivity contribution in [1.29, 1.82) is 0 Å². The molecule has 54 valence electrons. The van der Waals surface area contributed by atoms with E-state index < -0.39 is 5.71 Å². The number of hydrogen-bond donors (Lipinski definition) is 1. The van der Waals surface area contributed by atoms with Gasteiger partial charge in [0.15, 0.2) is 0 Å². The molecule has 1 N–H and O–H groups in total. The van der Waals surface area contributed by atoms with E-state index >= 15 is 0 Å². The van der Waals surface area contributed by atoms with Gasteiger partial charge in [-0.15, -0.1) is 0 Å². The molecule has 0 heterocycles. The molecule has 4 nitrogen and oxygen atoms in total. The third-order valence-electron chi connectivity index (χ3n) is 0.376. The van der Waals surface area contributed by atoms with Gasteiger partial charge in [0.1, 0.15) is 0 Å². The largest absolute Gasteiger partial charge is 0.478 e. The van der Waals surface area contributed by atoms with E-state index in [1.165, 1.54) is 0 Å². The highest BCUT2D eigenvalue weighted by atomic mass is 32.0. The van der Waals surface area contributed by atoms with Crippen LogP contribution < -0.4 is 0 Å². The van der Waals surface area contributed by atoms with Crippen LogP contribution in [0.1, 0.15) is 6.92 Å². The predicted molar refractivity (Wildman–Crippen MR) is 37.4 cm³/mol. The van der Waals surface area contributed by atoms with Crippen molar-refractivity contribution in [1.82, 2.24) is 0 Å². The van der Waals surface area contributed by atoms with Gasteiger partial charge in [0, 0.05) is 8.27 Å². The molecule has 0 rings (SSSR count). The fraction of sp³-hybridized carbons (Fsp3) is 0.667. The Bertz CT molecular complexity index is 85.9. The maximum absolute atomic E-state index is 9.85. The zero-order valence-corrected chi connectivity index (χ0v) is 6.88. The Morgan fingerprint density at radius 1 is 1.78 bits per heavy atom. The van der Waals surface area contributed by atoms with Crippen molar-refractivity contribution in [3.63, 3.8) is 0 Å². The van der Waals surface area contributed by atoms with Gasteiger partial charge in [-0.25, -0.2) is 14.4 Å². The monoisotopic (exact) mass is 170 g/mol. The van der Waals surface area contributed by atoms with Crippen LogP contribution >= 0.6 is 16.8 Å². The van der Waals surface area contributed by atoms with E-state index in [0.717, 1.165) is 0 Å². The summed E-state index contributed by atoms with van der Waals surface area (Å²) in [5.41, 5.74) is -0.840. The van der Waals surface area contributed by atoms with Crippen LogP contribution in [-0.2, 0) is 9.56 Å². The molecule has 0 aliphatic rings. The summed E-state index contributed by atoms with van der Waals surface area (Å²) in [5, 5.41) is 8.10. The summed E-state index contributed by atoms with van der Waals surface area (Å²) >= 11 is 0. The van der Waals surface area contributed by atoms with E-state index in [2.05, 4.69) is 9.56 Å². The van der Waals surface area contributed by atoms with Gasteiger partial charge < -0.3 is 5.11 Å². The smallest absolute Gasteiger partial charge is 0.327 e. The topological polar surface area (TPSA) is 55.8 Å². The Hall–Kier alpha value is 0.250. The molecule has 0 aliphatic heterocycles. The molecule has 9 heavy (non-hydrogen) atoms. The molecule has 0 aromatic rings. The lowest BCUT2D eigenvalue weighted by molar-refractivity contribution is -0.188. The minimum absolute atomic E-state index is 0.0746. The lowest BCUT2D eigenvalue weighted by Gasteiger charge is -1.96. The van der Waals surface area contributed by atoms with Crippen molar-refractivity contribution in [3.05, 3.63) is 0 Å². The second-order valence-corrected chi connectivity index (χ2v) is 3.43. The van der Waals surface area contributed by atoms with Crippen LogP contribution in [0.2, 0.25) is 0 Å². The zero-order chi connectivity index (χ0) is 7.11. The Morgan fingerprint density at radius 2 is 2.44 bits per heavy atom. The summed E-state index contributed by atoms with van der Waals surface area (Å²) in [5.74, 6) is 0. The summed E-state index contributed by atoms with van der Waals surface area (Å²) in [6, 6.07) is 0. The van der Waals surface area contributed by atoms with Crippen molar-refractivity contribution in [2.75, 3.05) is 6.61 Å². The van der Waals surface area contributed by atoms with Crippen molar-refractivity contribution < 1.29 is 19.5 Å². The maximum Gasteiger partial charge on any atom is 0.327 e. The molecule has 0 aliphatic carbocycles.